The van der Waals surface area contributed by atoms with Gasteiger partial charge in [0.25, 0.3) is 0 Å². The van der Waals surface area contributed by atoms with Crippen LogP contribution in [0.4, 0.5) is 5.82 Å². The van der Waals surface area contributed by atoms with Gasteiger partial charge in [0, 0.05) is 23.6 Å². The molecular weight excluding hydrogens is 226 g/mol. The number of hydrogen-bond acceptors (Lipinski definition) is 2. The van der Waals surface area contributed by atoms with E-state index in [-0.39, 0.29) is 11.8 Å². The summed E-state index contributed by atoms with van der Waals surface area (Å²) in [6.45, 7) is 2.19. The van der Waals surface area contributed by atoms with Gasteiger partial charge < -0.3 is 5.32 Å². The molecule has 0 aromatic carbocycles. The lowest BCUT2D eigenvalue weighted by atomic mass is 9.76. The van der Waals surface area contributed by atoms with Crippen LogP contribution in [0.3, 0.4) is 0 Å². The SMILES string of the molecule is CC1CC(C(=O)Nc2cc(C3CCCC3)[nH]n2)C1. The van der Waals surface area contributed by atoms with Gasteiger partial charge in [-0.2, -0.15) is 5.10 Å². The Morgan fingerprint density at radius 3 is 2.78 bits per heavy atom. The lowest BCUT2D eigenvalue weighted by molar-refractivity contribution is -0.123. The topological polar surface area (TPSA) is 57.8 Å². The first-order chi connectivity index (χ1) is 8.72. The number of hydrogen-bond donors (Lipinski definition) is 2. The number of amides is 1. The molecule has 4 nitrogen and oxygen atoms in total. The van der Waals surface area contributed by atoms with Crippen LogP contribution in [-0.4, -0.2) is 16.1 Å². The molecule has 2 fully saturated rings. The van der Waals surface area contributed by atoms with E-state index in [9.17, 15) is 4.79 Å². The Bertz CT molecular complexity index is 428. The fourth-order valence-electron chi connectivity index (χ4n) is 3.19. The van der Waals surface area contributed by atoms with Crippen LogP contribution in [0, 0.1) is 11.8 Å². The predicted octanol–water partition coefficient (Wildman–Crippen LogP) is 3.05. The molecule has 0 aliphatic heterocycles. The molecule has 0 radical (unpaired) electrons. The molecule has 0 bridgehead atoms. The van der Waals surface area contributed by atoms with Crippen molar-refractivity contribution in [2.45, 2.75) is 51.4 Å². The lowest BCUT2D eigenvalue weighted by Gasteiger charge is -2.30. The Labute approximate surface area is 108 Å². The fraction of sp³-hybridized carbons (Fsp3) is 0.714. The predicted molar refractivity (Wildman–Crippen MR) is 70.3 cm³/mol. The molecule has 1 aromatic rings. The molecule has 2 saturated carbocycles. The van der Waals surface area contributed by atoms with Gasteiger partial charge in [-0.15, -0.1) is 0 Å². The first-order valence-electron chi connectivity index (χ1n) is 7.08. The van der Waals surface area contributed by atoms with E-state index in [1.165, 1.54) is 31.4 Å². The summed E-state index contributed by atoms with van der Waals surface area (Å²) >= 11 is 0. The molecule has 18 heavy (non-hydrogen) atoms. The lowest BCUT2D eigenvalue weighted by Crippen LogP contribution is -2.33. The van der Waals surface area contributed by atoms with Crippen LogP contribution in [0.15, 0.2) is 6.07 Å². The third kappa shape index (κ3) is 2.28. The molecule has 3 rings (SSSR count). The quantitative estimate of drug-likeness (QED) is 0.862. The van der Waals surface area contributed by atoms with Crippen molar-refractivity contribution < 1.29 is 4.79 Å². The molecule has 1 amide bonds. The van der Waals surface area contributed by atoms with Gasteiger partial charge in [0.15, 0.2) is 5.82 Å². The number of rotatable bonds is 3. The third-order valence-corrected chi connectivity index (χ3v) is 4.39. The molecule has 0 saturated heterocycles. The smallest absolute Gasteiger partial charge is 0.228 e. The van der Waals surface area contributed by atoms with Crippen molar-refractivity contribution in [3.63, 3.8) is 0 Å². The van der Waals surface area contributed by atoms with Gasteiger partial charge in [-0.3, -0.25) is 9.89 Å². The molecule has 98 valence electrons. The summed E-state index contributed by atoms with van der Waals surface area (Å²) < 4.78 is 0. The van der Waals surface area contributed by atoms with Crippen LogP contribution in [0.2, 0.25) is 0 Å². The summed E-state index contributed by atoms with van der Waals surface area (Å²) in [6.07, 6.45) is 7.15. The average Bonchev–Trinajstić information content (AvgIpc) is 2.93. The molecule has 2 aliphatic rings. The van der Waals surface area contributed by atoms with Crippen molar-refractivity contribution in [2.24, 2.45) is 11.8 Å². The van der Waals surface area contributed by atoms with E-state index < -0.39 is 0 Å². The van der Waals surface area contributed by atoms with E-state index in [1.807, 2.05) is 6.07 Å². The number of carbonyl (C=O) groups excluding carboxylic acids is 1. The standard InChI is InChI=1S/C14H21N3O/c1-9-6-11(7-9)14(18)15-13-8-12(16-17-13)10-4-2-3-5-10/h8-11H,2-7H2,1H3,(H2,15,16,17,18). The van der Waals surface area contributed by atoms with Crippen LogP contribution in [0.25, 0.3) is 0 Å². The second-order valence-corrected chi connectivity index (χ2v) is 5.95. The Morgan fingerprint density at radius 1 is 1.39 bits per heavy atom. The van der Waals surface area contributed by atoms with E-state index in [1.54, 1.807) is 0 Å². The minimum Gasteiger partial charge on any atom is -0.309 e. The number of aromatic amines is 1. The monoisotopic (exact) mass is 247 g/mol. The van der Waals surface area contributed by atoms with E-state index >= 15 is 0 Å². The maximum Gasteiger partial charge on any atom is 0.228 e. The summed E-state index contributed by atoms with van der Waals surface area (Å²) in [7, 11) is 0. The van der Waals surface area contributed by atoms with Crippen LogP contribution in [-0.2, 0) is 4.79 Å². The molecule has 1 aromatic heterocycles. The zero-order valence-corrected chi connectivity index (χ0v) is 10.9. The molecule has 2 N–H and O–H groups in total. The Morgan fingerprint density at radius 2 is 2.11 bits per heavy atom. The van der Waals surface area contributed by atoms with E-state index in [0.717, 1.165) is 12.8 Å². The van der Waals surface area contributed by atoms with Crippen LogP contribution >= 0.6 is 0 Å². The summed E-state index contributed by atoms with van der Waals surface area (Å²) in [6, 6.07) is 2.01. The number of nitrogens with zero attached hydrogens (tertiary/aromatic N) is 1. The molecule has 4 heteroatoms. The maximum absolute atomic E-state index is 11.9. The van der Waals surface area contributed by atoms with Crippen molar-refractivity contribution in [1.82, 2.24) is 10.2 Å². The zero-order valence-electron chi connectivity index (χ0n) is 10.9. The van der Waals surface area contributed by atoms with Gasteiger partial charge in [0.2, 0.25) is 5.91 Å². The highest BCUT2D eigenvalue weighted by Gasteiger charge is 2.31. The van der Waals surface area contributed by atoms with Crippen molar-refractivity contribution in [3.05, 3.63) is 11.8 Å². The highest BCUT2D eigenvalue weighted by atomic mass is 16.2. The van der Waals surface area contributed by atoms with Crippen molar-refractivity contribution in [2.75, 3.05) is 5.32 Å². The third-order valence-electron chi connectivity index (χ3n) is 4.39. The van der Waals surface area contributed by atoms with Gasteiger partial charge in [-0.05, 0) is 31.6 Å². The average molecular weight is 247 g/mol. The van der Waals surface area contributed by atoms with Gasteiger partial charge in [-0.25, -0.2) is 0 Å². The second-order valence-electron chi connectivity index (χ2n) is 5.95. The minimum atomic E-state index is 0.137. The summed E-state index contributed by atoms with van der Waals surface area (Å²) in [5, 5.41) is 10.2. The maximum atomic E-state index is 11.9. The van der Waals surface area contributed by atoms with Gasteiger partial charge in [-0.1, -0.05) is 19.8 Å². The van der Waals surface area contributed by atoms with Crippen molar-refractivity contribution in [3.8, 4) is 0 Å². The van der Waals surface area contributed by atoms with Crippen LogP contribution in [0.5, 0.6) is 0 Å². The second kappa shape index (κ2) is 4.75. The summed E-state index contributed by atoms with van der Waals surface area (Å²) in [5.41, 5.74) is 1.18. The Balaban J connectivity index is 1.58. The molecule has 0 atom stereocenters. The highest BCUT2D eigenvalue weighted by Crippen LogP contribution is 2.35. The van der Waals surface area contributed by atoms with Gasteiger partial charge in [0.1, 0.15) is 0 Å². The number of anilines is 1. The highest BCUT2D eigenvalue weighted by molar-refractivity contribution is 5.92. The van der Waals surface area contributed by atoms with Gasteiger partial charge >= 0.3 is 0 Å². The first-order valence-corrected chi connectivity index (χ1v) is 7.08. The van der Waals surface area contributed by atoms with Crippen molar-refractivity contribution >= 4 is 11.7 Å². The van der Waals surface area contributed by atoms with Crippen molar-refractivity contribution in [1.29, 1.82) is 0 Å². The molecular formula is C14H21N3O. The van der Waals surface area contributed by atoms with Gasteiger partial charge in [0.05, 0.1) is 0 Å². The summed E-state index contributed by atoms with van der Waals surface area (Å²) in [5.74, 6) is 2.35. The fourth-order valence-corrected chi connectivity index (χ4v) is 3.19. The largest absolute Gasteiger partial charge is 0.309 e. The zero-order chi connectivity index (χ0) is 12.5. The normalized spacial score (nSPS) is 28.1. The van der Waals surface area contributed by atoms with E-state index in [2.05, 4.69) is 22.4 Å². The Kier molecular flexibility index (Phi) is 3.10. The number of H-pyrrole nitrogens is 1. The molecule has 0 unspecified atom stereocenters. The Hall–Kier alpha value is -1.32. The van der Waals surface area contributed by atoms with E-state index in [0.29, 0.717) is 17.7 Å². The first kappa shape index (κ1) is 11.8. The van der Waals surface area contributed by atoms with Crippen LogP contribution < -0.4 is 5.32 Å². The molecule has 2 aliphatic carbocycles. The number of aromatic nitrogens is 2. The minimum absolute atomic E-state index is 0.137. The number of carbonyl (C=O) groups is 1. The summed E-state index contributed by atoms with van der Waals surface area (Å²) in [4.78, 5) is 11.9. The molecule has 1 heterocycles. The van der Waals surface area contributed by atoms with E-state index in [4.69, 9.17) is 0 Å². The molecule has 0 spiro atoms. The van der Waals surface area contributed by atoms with Crippen LogP contribution in [0.1, 0.15) is 57.1 Å². The number of nitrogens with one attached hydrogen (secondary N) is 2.